The van der Waals surface area contributed by atoms with E-state index in [2.05, 4.69) is 17.0 Å². The van der Waals surface area contributed by atoms with Crippen LogP contribution in [0.15, 0.2) is 29.2 Å². The molecule has 0 unspecified atom stereocenters. The zero-order valence-electron chi connectivity index (χ0n) is 16.5. The molecule has 1 aromatic rings. The lowest BCUT2D eigenvalue weighted by Crippen LogP contribution is -2.55. The molecule has 1 amide bonds. The van der Waals surface area contributed by atoms with Crippen molar-refractivity contribution in [3.63, 3.8) is 0 Å². The Labute approximate surface area is 167 Å². The molecule has 28 heavy (non-hydrogen) atoms. The lowest BCUT2D eigenvalue weighted by molar-refractivity contribution is -0.0688. The number of hydrogen-bond acceptors (Lipinski definition) is 3. The third-order valence-corrected chi connectivity index (χ3v) is 9.18. The van der Waals surface area contributed by atoms with E-state index in [1.54, 1.807) is 18.2 Å². The monoisotopic (exact) mass is 402 g/mol. The largest absolute Gasteiger partial charge is 0.349 e. The molecule has 6 rings (SSSR count). The van der Waals surface area contributed by atoms with Crippen molar-refractivity contribution in [2.45, 2.75) is 75.3 Å². The molecule has 0 aromatic heterocycles. The van der Waals surface area contributed by atoms with E-state index in [4.69, 9.17) is 0 Å². The molecule has 5 saturated carbocycles. The molecule has 6 heteroatoms. The van der Waals surface area contributed by atoms with Crippen LogP contribution < -0.4 is 10.0 Å². The smallest absolute Gasteiger partial charge is 0.251 e. The van der Waals surface area contributed by atoms with Gasteiger partial charge in [0.25, 0.3) is 5.91 Å². The van der Waals surface area contributed by atoms with Gasteiger partial charge < -0.3 is 5.32 Å². The minimum Gasteiger partial charge on any atom is -0.349 e. The third-order valence-electron chi connectivity index (χ3n) is 7.66. The van der Waals surface area contributed by atoms with Crippen molar-refractivity contribution in [1.82, 2.24) is 10.0 Å². The second-order valence-corrected chi connectivity index (χ2v) is 11.6. The lowest BCUT2D eigenvalue weighted by atomic mass is 9.48. The van der Waals surface area contributed by atoms with Crippen molar-refractivity contribution >= 4 is 15.9 Å². The summed E-state index contributed by atoms with van der Waals surface area (Å²) in [6, 6.07) is 6.61. The Hall–Kier alpha value is -1.40. The van der Waals surface area contributed by atoms with Crippen molar-refractivity contribution in [3.05, 3.63) is 29.8 Å². The van der Waals surface area contributed by atoms with Gasteiger partial charge in [0.15, 0.2) is 0 Å². The molecule has 4 bridgehead atoms. The van der Waals surface area contributed by atoms with Crippen molar-refractivity contribution in [3.8, 4) is 0 Å². The number of carbonyl (C=O) groups excluding carboxylic acids is 1. The minimum atomic E-state index is -3.55. The molecule has 0 heterocycles. The summed E-state index contributed by atoms with van der Waals surface area (Å²) in [6.45, 7) is 2.15. The number of hydrogen-bond donors (Lipinski definition) is 2. The maximum Gasteiger partial charge on any atom is 0.251 e. The molecular weight excluding hydrogens is 372 g/mol. The van der Waals surface area contributed by atoms with Gasteiger partial charge in [-0.2, -0.15) is 0 Å². The van der Waals surface area contributed by atoms with Gasteiger partial charge in [-0.3, -0.25) is 4.79 Å². The number of nitrogens with one attached hydrogen (secondary N) is 2. The first-order valence-corrected chi connectivity index (χ1v) is 12.2. The molecule has 5 nitrogen and oxygen atoms in total. The van der Waals surface area contributed by atoms with E-state index < -0.39 is 10.0 Å². The van der Waals surface area contributed by atoms with Crippen LogP contribution in [0.2, 0.25) is 0 Å². The molecule has 5 aliphatic carbocycles. The molecule has 5 fully saturated rings. The van der Waals surface area contributed by atoms with Gasteiger partial charge >= 0.3 is 0 Å². The molecule has 0 saturated heterocycles. The van der Waals surface area contributed by atoms with Gasteiger partial charge in [0.1, 0.15) is 0 Å². The topological polar surface area (TPSA) is 75.3 Å². The number of benzene rings is 1. The summed E-state index contributed by atoms with van der Waals surface area (Å²) in [7, 11) is -3.55. The van der Waals surface area contributed by atoms with Gasteiger partial charge in [-0.05, 0) is 99.7 Å². The van der Waals surface area contributed by atoms with Crippen LogP contribution in [-0.4, -0.2) is 26.4 Å². The van der Waals surface area contributed by atoms with E-state index in [1.807, 2.05) is 0 Å². The summed E-state index contributed by atoms with van der Waals surface area (Å²) in [6.07, 6.45) is 9.64. The number of amides is 1. The highest BCUT2D eigenvalue weighted by atomic mass is 32.2. The first-order valence-electron chi connectivity index (χ1n) is 10.8. The normalized spacial score (nSPS) is 35.0. The van der Waals surface area contributed by atoms with Crippen LogP contribution in [0.25, 0.3) is 0 Å². The molecule has 2 N–H and O–H groups in total. The summed E-state index contributed by atoms with van der Waals surface area (Å²) in [5.74, 6) is 2.36. The highest BCUT2D eigenvalue weighted by Crippen LogP contribution is 2.61. The predicted octanol–water partition coefficient (Wildman–Crippen LogP) is 3.46. The molecular formula is C22H30N2O3S. The molecule has 0 radical (unpaired) electrons. The van der Waals surface area contributed by atoms with E-state index in [0.29, 0.717) is 5.56 Å². The Bertz CT molecular complexity index is 856. The van der Waals surface area contributed by atoms with Crippen LogP contribution >= 0.6 is 0 Å². The van der Waals surface area contributed by atoms with Gasteiger partial charge in [0.2, 0.25) is 10.0 Å². The van der Waals surface area contributed by atoms with Crippen LogP contribution in [0.5, 0.6) is 0 Å². The van der Waals surface area contributed by atoms with E-state index in [-0.39, 0.29) is 28.3 Å². The van der Waals surface area contributed by atoms with Gasteiger partial charge in [-0.25, -0.2) is 13.1 Å². The van der Waals surface area contributed by atoms with Crippen molar-refractivity contribution in [1.29, 1.82) is 0 Å². The van der Waals surface area contributed by atoms with Gasteiger partial charge in [-0.15, -0.1) is 0 Å². The van der Waals surface area contributed by atoms with Crippen molar-refractivity contribution in [2.75, 3.05) is 0 Å². The van der Waals surface area contributed by atoms with Crippen LogP contribution in [0, 0.1) is 23.2 Å². The van der Waals surface area contributed by atoms with Crippen LogP contribution in [0.4, 0.5) is 0 Å². The van der Waals surface area contributed by atoms with Gasteiger partial charge in [-0.1, -0.05) is 6.07 Å². The van der Waals surface area contributed by atoms with E-state index in [0.717, 1.165) is 30.6 Å². The van der Waals surface area contributed by atoms with Crippen molar-refractivity contribution in [2.24, 2.45) is 23.2 Å². The summed E-state index contributed by atoms with van der Waals surface area (Å²) in [5, 5.41) is 3.23. The fourth-order valence-corrected chi connectivity index (χ4v) is 7.78. The summed E-state index contributed by atoms with van der Waals surface area (Å²) < 4.78 is 27.6. The Morgan fingerprint density at radius 1 is 1.07 bits per heavy atom. The van der Waals surface area contributed by atoms with Gasteiger partial charge in [0.05, 0.1) is 4.90 Å². The molecule has 152 valence electrons. The van der Waals surface area contributed by atoms with Crippen LogP contribution in [-0.2, 0) is 10.0 Å². The molecule has 0 aliphatic heterocycles. The first-order chi connectivity index (χ1) is 13.3. The summed E-state index contributed by atoms with van der Waals surface area (Å²) in [5.41, 5.74) is 0.664. The fraction of sp³-hybridized carbons (Fsp3) is 0.682. The second-order valence-electron chi connectivity index (χ2n) is 9.90. The van der Waals surface area contributed by atoms with Crippen LogP contribution in [0.3, 0.4) is 0 Å². The Kier molecular flexibility index (Phi) is 4.36. The average Bonchev–Trinajstić information content (AvgIpc) is 3.44. The highest BCUT2D eigenvalue weighted by molar-refractivity contribution is 7.89. The predicted molar refractivity (Wildman–Crippen MR) is 107 cm³/mol. The Morgan fingerprint density at radius 3 is 2.25 bits per heavy atom. The molecule has 1 atom stereocenters. The maximum atomic E-state index is 12.9. The lowest BCUT2D eigenvalue weighted by Gasteiger charge is -2.59. The molecule has 0 spiro atoms. The molecule has 1 aromatic carbocycles. The van der Waals surface area contributed by atoms with Crippen molar-refractivity contribution < 1.29 is 13.2 Å². The summed E-state index contributed by atoms with van der Waals surface area (Å²) >= 11 is 0. The maximum absolute atomic E-state index is 12.9. The number of carbonyl (C=O) groups is 1. The minimum absolute atomic E-state index is 0.0542. The van der Waals surface area contributed by atoms with E-state index in [9.17, 15) is 13.2 Å². The number of sulfonamides is 1. The standard InChI is InChI=1S/C22H30N2O3S/c1-14(22-11-15-7-16(12-22)9-17(8-15)13-22)23-21(25)18-3-2-4-20(10-18)28(26,27)24-19-5-6-19/h2-4,10,14-17,19,24H,5-9,11-13H2,1H3,(H,23,25)/t14-,15?,16?,17?,22?/m1/s1. The fourth-order valence-electron chi connectivity index (χ4n) is 6.43. The quantitative estimate of drug-likeness (QED) is 0.765. The summed E-state index contributed by atoms with van der Waals surface area (Å²) in [4.78, 5) is 13.1. The SMILES string of the molecule is C[C@@H](NC(=O)c1cccc(S(=O)(=O)NC2CC2)c1)C12CC3CC(CC(C3)C1)C2. The van der Waals surface area contributed by atoms with E-state index >= 15 is 0 Å². The Morgan fingerprint density at radius 2 is 1.68 bits per heavy atom. The molecule has 5 aliphatic rings. The zero-order valence-corrected chi connectivity index (χ0v) is 17.3. The van der Waals surface area contributed by atoms with Gasteiger partial charge in [0, 0.05) is 17.6 Å². The third kappa shape index (κ3) is 3.39. The highest BCUT2D eigenvalue weighted by Gasteiger charge is 2.53. The number of rotatable bonds is 6. The second kappa shape index (κ2) is 6.56. The van der Waals surface area contributed by atoms with E-state index in [1.165, 1.54) is 44.6 Å². The first kappa shape index (κ1) is 18.6. The van der Waals surface area contributed by atoms with Crippen LogP contribution in [0.1, 0.15) is 68.6 Å². The average molecular weight is 403 g/mol. The Balaban J connectivity index is 1.31. The zero-order chi connectivity index (χ0) is 19.5.